The summed E-state index contributed by atoms with van der Waals surface area (Å²) in [7, 11) is 0. The fourth-order valence-corrected chi connectivity index (χ4v) is 4.01. The van der Waals surface area contributed by atoms with Crippen molar-refractivity contribution >= 4 is 34.1 Å². The molecule has 172 valence electrons. The second-order valence-corrected chi connectivity index (χ2v) is 7.81. The van der Waals surface area contributed by atoms with Crippen LogP contribution < -0.4 is 0 Å². The topological polar surface area (TPSA) is 58.9 Å². The van der Waals surface area contributed by atoms with Gasteiger partial charge in [-0.2, -0.15) is 26.3 Å². The van der Waals surface area contributed by atoms with Gasteiger partial charge in [0, 0.05) is 22.6 Å². The molecule has 3 aromatic carbocycles. The molecular weight excluding hydrogens is 476 g/mol. The molecule has 1 aliphatic heterocycles. The number of carboxylic acids is 1. The van der Waals surface area contributed by atoms with Gasteiger partial charge in [-0.25, -0.2) is 4.79 Å². The number of hydrogen-bond acceptors (Lipinski definition) is 3. The third-order valence-electron chi connectivity index (χ3n) is 5.33. The lowest BCUT2D eigenvalue weighted by Crippen LogP contribution is -2.43. The third-order valence-corrected chi connectivity index (χ3v) is 5.55. The molecule has 0 bridgehead atoms. The highest BCUT2D eigenvalue weighted by atomic mass is 35.5. The van der Waals surface area contributed by atoms with E-state index in [1.807, 2.05) is 0 Å². The van der Waals surface area contributed by atoms with Crippen molar-refractivity contribution in [1.29, 1.82) is 0 Å². The number of hydrogen-bond donors (Lipinski definition) is 1. The number of carbonyl (C=O) groups is 1. The molecule has 0 saturated heterocycles. The molecule has 3 aromatic rings. The van der Waals surface area contributed by atoms with E-state index in [1.54, 1.807) is 18.2 Å². The Labute approximate surface area is 187 Å². The van der Waals surface area contributed by atoms with Gasteiger partial charge >= 0.3 is 18.3 Å². The Morgan fingerprint density at radius 1 is 1.03 bits per heavy atom. The standard InChI is InChI=1S/C22H12ClF6NO3/c23-14-8-12(7-13(9-14)21(24,25)26)20(22(27,28)29)10-17(30-33-20)16-6-5-11-3-1-2-4-15(11)18(16)19(31)32/h1-9H,10H2,(H,31,32). The van der Waals surface area contributed by atoms with Gasteiger partial charge < -0.3 is 9.94 Å². The lowest BCUT2D eigenvalue weighted by Gasteiger charge is -2.30. The molecule has 0 aromatic heterocycles. The molecule has 0 amide bonds. The molecule has 0 spiro atoms. The first kappa shape index (κ1) is 22.9. The van der Waals surface area contributed by atoms with Gasteiger partial charge in [-0.3, -0.25) is 0 Å². The number of benzene rings is 3. The predicted molar refractivity (Wildman–Crippen MR) is 107 cm³/mol. The van der Waals surface area contributed by atoms with E-state index in [-0.39, 0.29) is 22.2 Å². The van der Waals surface area contributed by atoms with Crippen molar-refractivity contribution in [3.05, 3.63) is 81.9 Å². The van der Waals surface area contributed by atoms with Gasteiger partial charge in [-0.15, -0.1) is 0 Å². The summed E-state index contributed by atoms with van der Waals surface area (Å²) in [6, 6.07) is 10.7. The van der Waals surface area contributed by atoms with E-state index in [2.05, 4.69) is 5.16 Å². The molecule has 1 heterocycles. The fraction of sp³-hybridized carbons (Fsp3) is 0.182. The first-order chi connectivity index (χ1) is 15.3. The number of oxime groups is 1. The van der Waals surface area contributed by atoms with Gasteiger partial charge in [0.15, 0.2) is 0 Å². The van der Waals surface area contributed by atoms with Crippen molar-refractivity contribution in [1.82, 2.24) is 0 Å². The molecule has 1 atom stereocenters. The number of carboxylic acid groups (broad SMARTS) is 1. The Morgan fingerprint density at radius 3 is 2.36 bits per heavy atom. The third kappa shape index (κ3) is 3.88. The van der Waals surface area contributed by atoms with Crippen LogP contribution in [0.4, 0.5) is 26.3 Å². The summed E-state index contributed by atoms with van der Waals surface area (Å²) in [6.45, 7) is 0. The molecular formula is C22H12ClF6NO3. The second-order valence-electron chi connectivity index (χ2n) is 7.37. The van der Waals surface area contributed by atoms with Crippen molar-refractivity contribution in [2.24, 2.45) is 5.16 Å². The first-order valence-electron chi connectivity index (χ1n) is 9.29. The quantitative estimate of drug-likeness (QED) is 0.414. The molecule has 4 nitrogen and oxygen atoms in total. The van der Waals surface area contributed by atoms with Gasteiger partial charge in [0.2, 0.25) is 0 Å². The van der Waals surface area contributed by atoms with E-state index in [9.17, 15) is 36.2 Å². The summed E-state index contributed by atoms with van der Waals surface area (Å²) in [5, 5.41) is 13.4. The van der Waals surface area contributed by atoms with Crippen LogP contribution in [0.15, 0.2) is 59.8 Å². The van der Waals surface area contributed by atoms with Crippen molar-refractivity contribution in [3.8, 4) is 0 Å². The van der Waals surface area contributed by atoms with E-state index < -0.39 is 46.5 Å². The van der Waals surface area contributed by atoms with Gasteiger partial charge in [0.1, 0.15) is 0 Å². The van der Waals surface area contributed by atoms with Crippen LogP contribution in [0.5, 0.6) is 0 Å². The zero-order valence-electron chi connectivity index (χ0n) is 16.3. The van der Waals surface area contributed by atoms with Crippen LogP contribution >= 0.6 is 11.6 Å². The van der Waals surface area contributed by atoms with Crippen LogP contribution in [0, 0.1) is 0 Å². The fourth-order valence-electron chi connectivity index (χ4n) is 3.78. The minimum atomic E-state index is -5.20. The Bertz CT molecular complexity index is 1300. The molecule has 4 rings (SSSR count). The van der Waals surface area contributed by atoms with Crippen LogP contribution in [0.1, 0.15) is 33.5 Å². The Balaban J connectivity index is 1.86. The average molecular weight is 488 g/mol. The van der Waals surface area contributed by atoms with Gasteiger partial charge in [-0.05, 0) is 29.0 Å². The van der Waals surface area contributed by atoms with E-state index in [1.165, 1.54) is 18.2 Å². The minimum absolute atomic E-state index is 0.134. The van der Waals surface area contributed by atoms with Crippen molar-refractivity contribution in [2.45, 2.75) is 24.4 Å². The smallest absolute Gasteiger partial charge is 0.435 e. The van der Waals surface area contributed by atoms with Crippen molar-refractivity contribution in [2.75, 3.05) is 0 Å². The maximum Gasteiger partial charge on any atom is 0.435 e. The predicted octanol–water partition coefficient (Wildman–Crippen LogP) is 6.79. The zero-order valence-corrected chi connectivity index (χ0v) is 17.0. The lowest BCUT2D eigenvalue weighted by molar-refractivity contribution is -0.276. The molecule has 0 radical (unpaired) electrons. The van der Waals surface area contributed by atoms with Crippen molar-refractivity contribution < 1.29 is 41.1 Å². The normalized spacial score (nSPS) is 18.8. The monoisotopic (exact) mass is 487 g/mol. The summed E-state index contributed by atoms with van der Waals surface area (Å²) < 4.78 is 82.3. The largest absolute Gasteiger partial charge is 0.478 e. The second kappa shape index (κ2) is 7.65. The van der Waals surface area contributed by atoms with Crippen molar-refractivity contribution in [3.63, 3.8) is 0 Å². The highest BCUT2D eigenvalue weighted by molar-refractivity contribution is 6.30. The number of aromatic carboxylic acids is 1. The van der Waals surface area contributed by atoms with Crippen LogP contribution in [0.2, 0.25) is 5.02 Å². The summed E-state index contributed by atoms with van der Waals surface area (Å²) in [4.78, 5) is 16.7. The summed E-state index contributed by atoms with van der Waals surface area (Å²) in [5.41, 5.74) is -6.37. The zero-order chi connectivity index (χ0) is 24.2. The highest BCUT2D eigenvalue weighted by Crippen LogP contribution is 2.50. The molecule has 11 heteroatoms. The first-order valence-corrected chi connectivity index (χ1v) is 9.67. The maximum atomic E-state index is 14.2. The molecule has 1 N–H and O–H groups in total. The lowest BCUT2D eigenvalue weighted by atomic mass is 9.84. The summed E-state index contributed by atoms with van der Waals surface area (Å²) >= 11 is 5.69. The Kier molecular flexibility index (Phi) is 5.31. The minimum Gasteiger partial charge on any atom is -0.478 e. The van der Waals surface area contributed by atoms with Crippen LogP contribution in [0.25, 0.3) is 10.8 Å². The van der Waals surface area contributed by atoms with Crippen LogP contribution in [-0.4, -0.2) is 23.0 Å². The number of rotatable bonds is 3. The number of nitrogens with zero attached hydrogens (tertiary/aromatic N) is 1. The molecule has 0 saturated carbocycles. The van der Waals surface area contributed by atoms with E-state index in [0.29, 0.717) is 17.5 Å². The van der Waals surface area contributed by atoms with Crippen LogP contribution in [-0.2, 0) is 16.6 Å². The van der Waals surface area contributed by atoms with E-state index in [4.69, 9.17) is 16.4 Å². The van der Waals surface area contributed by atoms with Gasteiger partial charge in [-0.1, -0.05) is 53.2 Å². The molecule has 1 aliphatic rings. The van der Waals surface area contributed by atoms with E-state index in [0.717, 1.165) is 6.07 Å². The van der Waals surface area contributed by atoms with E-state index >= 15 is 0 Å². The summed E-state index contributed by atoms with van der Waals surface area (Å²) in [5.74, 6) is -1.41. The number of halogens is 7. The summed E-state index contributed by atoms with van der Waals surface area (Å²) in [6.07, 6.45) is -11.2. The molecule has 0 aliphatic carbocycles. The highest BCUT2D eigenvalue weighted by Gasteiger charge is 2.63. The SMILES string of the molecule is O=C(O)c1c(C2=NOC(c3cc(Cl)cc(C(F)(F)F)c3)(C(F)(F)F)C2)ccc2ccccc12. The molecule has 33 heavy (non-hydrogen) atoms. The van der Waals surface area contributed by atoms with Gasteiger partial charge in [0.05, 0.1) is 16.8 Å². The average Bonchev–Trinajstić information content (AvgIpc) is 3.18. The number of alkyl halides is 6. The molecule has 1 unspecified atom stereocenters. The Morgan fingerprint density at radius 2 is 1.73 bits per heavy atom. The van der Waals surface area contributed by atoms with Crippen LogP contribution in [0.3, 0.4) is 0 Å². The van der Waals surface area contributed by atoms with Gasteiger partial charge in [0.25, 0.3) is 5.60 Å². The molecule has 0 fully saturated rings. The number of fused-ring (bicyclic) bond motifs is 1. The Hall–Kier alpha value is -3.27. The maximum absolute atomic E-state index is 14.2.